The number of rotatable bonds is 2. The van der Waals surface area contributed by atoms with Crippen LogP contribution in [0.3, 0.4) is 0 Å². The smallest absolute Gasteiger partial charge is 0.407 e. The van der Waals surface area contributed by atoms with Gasteiger partial charge in [0.25, 0.3) is 0 Å². The van der Waals surface area contributed by atoms with Crippen LogP contribution in [0.1, 0.15) is 22.3 Å². The first-order valence-electron chi connectivity index (χ1n) is 8.17. The molecule has 130 valence electrons. The number of hydrogen-bond acceptors (Lipinski definition) is 2. The van der Waals surface area contributed by atoms with Crippen LogP contribution in [0.5, 0.6) is 0 Å². The number of nitrogens with zero attached hydrogens (tertiary/aromatic N) is 1. The third-order valence-corrected chi connectivity index (χ3v) is 4.23. The predicted molar refractivity (Wildman–Crippen MR) is 97.1 cm³/mol. The highest BCUT2D eigenvalue weighted by molar-refractivity contribution is 5.99. The molecule has 0 bridgehead atoms. The molecule has 0 fully saturated rings. The van der Waals surface area contributed by atoms with Gasteiger partial charge in [-0.1, -0.05) is 12.1 Å². The Morgan fingerprint density at radius 3 is 2.32 bits per heavy atom. The van der Waals surface area contributed by atoms with Crippen LogP contribution in [0.15, 0.2) is 36.4 Å². The number of amides is 3. The Labute approximate surface area is 146 Å². The Morgan fingerprint density at radius 2 is 1.64 bits per heavy atom. The Kier molecular flexibility index (Phi) is 4.61. The molecular weight excluding hydrogens is 318 g/mol. The number of nitrogens with one attached hydrogen (secondary N) is 2. The van der Waals surface area contributed by atoms with Crippen LogP contribution in [0, 0.1) is 13.8 Å². The summed E-state index contributed by atoms with van der Waals surface area (Å²) in [6, 6.07) is 11.2. The van der Waals surface area contributed by atoms with E-state index in [-0.39, 0.29) is 6.03 Å². The highest BCUT2D eigenvalue weighted by Crippen LogP contribution is 2.23. The molecule has 0 saturated heterocycles. The van der Waals surface area contributed by atoms with E-state index in [0.29, 0.717) is 25.2 Å². The molecule has 3 amide bonds. The van der Waals surface area contributed by atoms with E-state index in [0.717, 1.165) is 27.9 Å². The molecule has 2 aromatic rings. The van der Waals surface area contributed by atoms with Crippen molar-refractivity contribution in [1.82, 2.24) is 4.90 Å². The van der Waals surface area contributed by atoms with E-state index < -0.39 is 6.09 Å². The average Bonchev–Trinajstić information content (AvgIpc) is 2.53. The maximum absolute atomic E-state index is 12.2. The van der Waals surface area contributed by atoms with Gasteiger partial charge in [-0.3, -0.25) is 0 Å². The van der Waals surface area contributed by atoms with Gasteiger partial charge >= 0.3 is 12.1 Å². The molecule has 3 rings (SSSR count). The van der Waals surface area contributed by atoms with Crippen molar-refractivity contribution in [2.24, 2.45) is 0 Å². The van der Waals surface area contributed by atoms with Crippen LogP contribution >= 0.6 is 0 Å². The number of fused-ring (bicyclic) bond motifs is 1. The number of urea groups is 1. The van der Waals surface area contributed by atoms with E-state index in [1.165, 1.54) is 4.90 Å². The number of aryl methyl sites for hydroxylation is 2. The van der Waals surface area contributed by atoms with Crippen LogP contribution in [0.2, 0.25) is 0 Å². The number of benzene rings is 2. The van der Waals surface area contributed by atoms with Crippen LogP contribution in [-0.2, 0) is 13.0 Å². The minimum Gasteiger partial charge on any atom is -0.465 e. The molecule has 1 aliphatic heterocycles. The second kappa shape index (κ2) is 6.84. The first-order valence-corrected chi connectivity index (χ1v) is 8.17. The van der Waals surface area contributed by atoms with Gasteiger partial charge in [-0.05, 0) is 66.8 Å². The zero-order valence-electron chi connectivity index (χ0n) is 14.3. The van der Waals surface area contributed by atoms with E-state index in [1.807, 2.05) is 44.2 Å². The number of carbonyl (C=O) groups is 2. The summed E-state index contributed by atoms with van der Waals surface area (Å²) in [7, 11) is 0. The minimum atomic E-state index is -0.902. The van der Waals surface area contributed by atoms with Crippen LogP contribution < -0.4 is 10.6 Å². The maximum Gasteiger partial charge on any atom is 0.407 e. The highest BCUT2D eigenvalue weighted by Gasteiger charge is 2.20. The monoisotopic (exact) mass is 339 g/mol. The normalized spacial score (nSPS) is 13.1. The minimum absolute atomic E-state index is 0.298. The van der Waals surface area contributed by atoms with Crippen molar-refractivity contribution < 1.29 is 14.7 Å². The molecule has 6 nitrogen and oxygen atoms in total. The summed E-state index contributed by atoms with van der Waals surface area (Å²) in [5.74, 6) is 0. The van der Waals surface area contributed by atoms with Gasteiger partial charge in [0.15, 0.2) is 0 Å². The fraction of sp³-hybridized carbons (Fsp3) is 0.263. The van der Waals surface area contributed by atoms with E-state index in [4.69, 9.17) is 5.11 Å². The Balaban J connectivity index is 1.67. The van der Waals surface area contributed by atoms with Crippen molar-refractivity contribution in [3.8, 4) is 0 Å². The molecular formula is C19H21N3O3. The Bertz CT molecular complexity index is 812. The molecule has 1 heterocycles. The van der Waals surface area contributed by atoms with Gasteiger partial charge in [0, 0.05) is 24.5 Å². The zero-order valence-corrected chi connectivity index (χ0v) is 14.3. The summed E-state index contributed by atoms with van der Waals surface area (Å²) < 4.78 is 0. The molecule has 6 heteroatoms. The molecule has 0 aliphatic carbocycles. The van der Waals surface area contributed by atoms with Gasteiger partial charge in [-0.15, -0.1) is 0 Å². The second-order valence-electron chi connectivity index (χ2n) is 6.39. The summed E-state index contributed by atoms with van der Waals surface area (Å²) in [5.41, 5.74) is 5.68. The first kappa shape index (κ1) is 16.8. The van der Waals surface area contributed by atoms with Crippen molar-refractivity contribution in [3.63, 3.8) is 0 Å². The first-order chi connectivity index (χ1) is 11.9. The molecule has 0 spiro atoms. The van der Waals surface area contributed by atoms with Crippen molar-refractivity contribution >= 4 is 23.5 Å². The Hall–Kier alpha value is -3.02. The zero-order chi connectivity index (χ0) is 18.0. The van der Waals surface area contributed by atoms with Crippen molar-refractivity contribution in [1.29, 1.82) is 0 Å². The van der Waals surface area contributed by atoms with Gasteiger partial charge in [-0.25, -0.2) is 9.59 Å². The lowest BCUT2D eigenvalue weighted by atomic mass is 9.99. The average molecular weight is 339 g/mol. The molecule has 3 N–H and O–H groups in total. The highest BCUT2D eigenvalue weighted by atomic mass is 16.4. The fourth-order valence-corrected chi connectivity index (χ4v) is 3.13. The number of anilines is 2. The van der Waals surface area contributed by atoms with Crippen LogP contribution in [-0.4, -0.2) is 28.7 Å². The lowest BCUT2D eigenvalue weighted by molar-refractivity contribution is 0.140. The SMILES string of the molecule is Cc1cc(C)cc(NC(=O)Nc2ccc3c(c2)CCN(C(=O)O)C3)c1. The van der Waals surface area contributed by atoms with Gasteiger partial charge in [0.1, 0.15) is 0 Å². The van der Waals surface area contributed by atoms with E-state index in [1.54, 1.807) is 6.07 Å². The van der Waals surface area contributed by atoms with Crippen molar-refractivity contribution in [2.45, 2.75) is 26.8 Å². The molecule has 1 aliphatic rings. The number of hydrogen-bond donors (Lipinski definition) is 3. The molecule has 0 saturated carbocycles. The fourth-order valence-electron chi connectivity index (χ4n) is 3.13. The van der Waals surface area contributed by atoms with Gasteiger partial charge < -0.3 is 20.6 Å². The molecule has 0 radical (unpaired) electrons. The van der Waals surface area contributed by atoms with Gasteiger partial charge in [-0.2, -0.15) is 0 Å². The molecule has 0 aromatic heterocycles. The molecule has 0 unspecified atom stereocenters. The van der Waals surface area contributed by atoms with Gasteiger partial charge in [0.2, 0.25) is 0 Å². The third kappa shape index (κ3) is 4.09. The summed E-state index contributed by atoms with van der Waals surface area (Å²) >= 11 is 0. The number of carbonyl (C=O) groups excluding carboxylic acids is 1. The largest absolute Gasteiger partial charge is 0.465 e. The summed E-state index contributed by atoms with van der Waals surface area (Å²) in [6.07, 6.45) is -0.253. The molecule has 2 aromatic carbocycles. The van der Waals surface area contributed by atoms with Crippen LogP contribution in [0.4, 0.5) is 21.0 Å². The summed E-state index contributed by atoms with van der Waals surface area (Å²) in [6.45, 7) is 4.83. The second-order valence-corrected chi connectivity index (χ2v) is 6.39. The summed E-state index contributed by atoms with van der Waals surface area (Å²) in [4.78, 5) is 24.7. The van der Waals surface area contributed by atoms with Crippen molar-refractivity contribution in [3.05, 3.63) is 58.7 Å². The third-order valence-electron chi connectivity index (χ3n) is 4.23. The number of carboxylic acid groups (broad SMARTS) is 1. The van der Waals surface area contributed by atoms with E-state index in [9.17, 15) is 9.59 Å². The Morgan fingerprint density at radius 1 is 0.960 bits per heavy atom. The topological polar surface area (TPSA) is 81.7 Å². The predicted octanol–water partition coefficient (Wildman–Crippen LogP) is 3.98. The lowest BCUT2D eigenvalue weighted by Crippen LogP contribution is -2.34. The van der Waals surface area contributed by atoms with E-state index in [2.05, 4.69) is 10.6 Å². The van der Waals surface area contributed by atoms with Crippen LogP contribution in [0.25, 0.3) is 0 Å². The summed E-state index contributed by atoms with van der Waals surface area (Å²) in [5, 5.41) is 14.7. The van der Waals surface area contributed by atoms with Crippen molar-refractivity contribution in [2.75, 3.05) is 17.2 Å². The molecule has 0 atom stereocenters. The van der Waals surface area contributed by atoms with E-state index >= 15 is 0 Å². The maximum atomic E-state index is 12.2. The molecule has 25 heavy (non-hydrogen) atoms. The quantitative estimate of drug-likeness (QED) is 0.774. The standard InChI is InChI=1S/C19H21N3O3/c1-12-7-13(2)9-17(8-12)21-18(23)20-16-4-3-15-11-22(19(24)25)6-5-14(15)10-16/h3-4,7-10H,5-6,11H2,1-2H3,(H,24,25)(H2,20,21,23). The van der Waals surface area contributed by atoms with Gasteiger partial charge in [0.05, 0.1) is 0 Å². The lowest BCUT2D eigenvalue weighted by Gasteiger charge is -2.26.